The Labute approximate surface area is 81.6 Å². The van der Waals surface area contributed by atoms with Gasteiger partial charge in [-0.1, -0.05) is 6.58 Å². The maximum Gasteiger partial charge on any atom is 0.116 e. The van der Waals surface area contributed by atoms with E-state index in [0.29, 0.717) is 11.1 Å². The first-order valence-corrected chi connectivity index (χ1v) is 4.12. The molecule has 0 spiro atoms. The number of fused-ring (bicyclic) bond motifs is 1. The van der Waals surface area contributed by atoms with Crippen LogP contribution in [0.1, 0.15) is 5.56 Å². The van der Waals surface area contributed by atoms with E-state index in [1.54, 1.807) is 24.4 Å². The molecule has 0 unspecified atom stereocenters. The van der Waals surface area contributed by atoms with Crippen LogP contribution in [0, 0.1) is 11.3 Å². The molecule has 2 N–H and O–H groups in total. The van der Waals surface area contributed by atoms with Gasteiger partial charge in [-0.15, -0.1) is 0 Å². The number of phenolic OH excluding ortho intramolecular Hbond substituents is 1. The molecule has 0 aromatic heterocycles. The van der Waals surface area contributed by atoms with Crippen LogP contribution >= 0.6 is 0 Å². The van der Waals surface area contributed by atoms with E-state index >= 15 is 0 Å². The summed E-state index contributed by atoms with van der Waals surface area (Å²) in [5.74, 6) is 0.172. The Kier molecular flexibility index (Phi) is 1.76. The number of rotatable bonds is 0. The molecular formula is C11H8N2O. The van der Waals surface area contributed by atoms with Crippen molar-refractivity contribution in [1.29, 1.82) is 5.26 Å². The molecule has 0 radical (unpaired) electrons. The highest BCUT2D eigenvalue weighted by Crippen LogP contribution is 2.34. The average molecular weight is 184 g/mol. The first-order valence-electron chi connectivity index (χ1n) is 4.12. The van der Waals surface area contributed by atoms with Gasteiger partial charge in [0.05, 0.1) is 5.57 Å². The third-order valence-corrected chi connectivity index (χ3v) is 2.15. The molecule has 1 aromatic rings. The summed E-state index contributed by atoms with van der Waals surface area (Å²) in [5, 5.41) is 21.0. The van der Waals surface area contributed by atoms with Gasteiger partial charge in [-0.05, 0) is 23.8 Å². The van der Waals surface area contributed by atoms with Gasteiger partial charge >= 0.3 is 0 Å². The smallest absolute Gasteiger partial charge is 0.116 e. The van der Waals surface area contributed by atoms with E-state index in [-0.39, 0.29) is 5.75 Å². The highest BCUT2D eigenvalue weighted by molar-refractivity contribution is 5.91. The number of hydrogen-bond acceptors (Lipinski definition) is 3. The third kappa shape index (κ3) is 1.14. The lowest BCUT2D eigenvalue weighted by Crippen LogP contribution is -2.02. The van der Waals surface area contributed by atoms with Crippen molar-refractivity contribution >= 4 is 11.3 Å². The molecule has 0 bridgehead atoms. The van der Waals surface area contributed by atoms with Gasteiger partial charge in [0, 0.05) is 17.5 Å². The molecule has 0 amide bonds. The Bertz CT molecular complexity index is 481. The number of nitriles is 1. The summed E-state index contributed by atoms with van der Waals surface area (Å²) in [7, 11) is 0. The lowest BCUT2D eigenvalue weighted by molar-refractivity contribution is 0.475. The number of phenols is 1. The van der Waals surface area contributed by atoms with Gasteiger partial charge < -0.3 is 10.4 Å². The van der Waals surface area contributed by atoms with Gasteiger partial charge in [0.1, 0.15) is 11.8 Å². The Hall–Kier alpha value is -2.21. The summed E-state index contributed by atoms with van der Waals surface area (Å²) in [6, 6.07) is 6.96. The van der Waals surface area contributed by atoms with Gasteiger partial charge in [0.25, 0.3) is 0 Å². The largest absolute Gasteiger partial charge is 0.508 e. The molecule has 0 saturated heterocycles. The van der Waals surface area contributed by atoms with Crippen LogP contribution in [0.4, 0.5) is 5.69 Å². The Morgan fingerprint density at radius 3 is 2.93 bits per heavy atom. The van der Waals surface area contributed by atoms with Crippen LogP contribution in [0.15, 0.2) is 36.6 Å². The zero-order valence-corrected chi connectivity index (χ0v) is 7.41. The molecule has 0 aliphatic carbocycles. The standard InChI is InChI=1S/C11H8N2O/c1-7-8(5-12)6-13-11-3-2-9(14)4-10(7)11/h2-4,6,13-14H,1H2. The quantitative estimate of drug-likeness (QED) is 0.608. The fraction of sp³-hybridized carbons (Fsp3) is 0. The van der Waals surface area contributed by atoms with Crippen molar-refractivity contribution in [2.24, 2.45) is 0 Å². The van der Waals surface area contributed by atoms with E-state index in [1.807, 2.05) is 6.07 Å². The fourth-order valence-electron chi connectivity index (χ4n) is 1.39. The van der Waals surface area contributed by atoms with E-state index in [0.717, 1.165) is 11.3 Å². The van der Waals surface area contributed by atoms with Gasteiger partial charge in [-0.3, -0.25) is 0 Å². The van der Waals surface area contributed by atoms with Crippen molar-refractivity contribution in [3.63, 3.8) is 0 Å². The van der Waals surface area contributed by atoms with E-state index < -0.39 is 0 Å². The van der Waals surface area contributed by atoms with Crippen LogP contribution in [-0.4, -0.2) is 5.11 Å². The molecule has 0 atom stereocenters. The predicted molar refractivity (Wildman–Crippen MR) is 54.5 cm³/mol. The second-order valence-corrected chi connectivity index (χ2v) is 3.02. The van der Waals surface area contributed by atoms with E-state index in [4.69, 9.17) is 5.26 Å². The molecule has 1 heterocycles. The molecule has 0 fully saturated rings. The number of hydrogen-bond donors (Lipinski definition) is 2. The predicted octanol–water partition coefficient (Wildman–Crippen LogP) is 2.24. The number of nitrogens with one attached hydrogen (secondary N) is 1. The molecule has 2 rings (SSSR count). The minimum Gasteiger partial charge on any atom is -0.508 e. The van der Waals surface area contributed by atoms with Gasteiger partial charge in [-0.2, -0.15) is 5.26 Å². The van der Waals surface area contributed by atoms with Crippen molar-refractivity contribution in [2.75, 3.05) is 5.32 Å². The van der Waals surface area contributed by atoms with Crippen LogP contribution in [0.3, 0.4) is 0 Å². The normalized spacial score (nSPS) is 13.6. The van der Waals surface area contributed by atoms with E-state index in [1.165, 1.54) is 0 Å². The van der Waals surface area contributed by atoms with Crippen LogP contribution in [0.25, 0.3) is 5.57 Å². The van der Waals surface area contributed by atoms with Crippen LogP contribution in [0.2, 0.25) is 0 Å². The van der Waals surface area contributed by atoms with Crippen LogP contribution in [0.5, 0.6) is 5.75 Å². The average Bonchev–Trinajstić information content (AvgIpc) is 2.20. The summed E-state index contributed by atoms with van der Waals surface area (Å²) in [6.07, 6.45) is 1.61. The minimum absolute atomic E-state index is 0.172. The number of aromatic hydroxyl groups is 1. The van der Waals surface area contributed by atoms with Crippen molar-refractivity contribution in [3.8, 4) is 11.8 Å². The van der Waals surface area contributed by atoms with Gasteiger partial charge in [0.15, 0.2) is 0 Å². The first kappa shape index (κ1) is 8.39. The summed E-state index contributed by atoms with van der Waals surface area (Å²) in [5.41, 5.74) is 2.75. The highest BCUT2D eigenvalue weighted by Gasteiger charge is 2.14. The number of anilines is 1. The highest BCUT2D eigenvalue weighted by atomic mass is 16.3. The lowest BCUT2D eigenvalue weighted by atomic mass is 9.96. The molecule has 1 aliphatic rings. The topological polar surface area (TPSA) is 56.0 Å². The van der Waals surface area contributed by atoms with E-state index in [2.05, 4.69) is 11.9 Å². The molecule has 1 aliphatic heterocycles. The van der Waals surface area contributed by atoms with Crippen LogP contribution in [-0.2, 0) is 0 Å². The van der Waals surface area contributed by atoms with E-state index in [9.17, 15) is 5.11 Å². The van der Waals surface area contributed by atoms with Crippen molar-refractivity contribution in [3.05, 3.63) is 42.1 Å². The summed E-state index contributed by atoms with van der Waals surface area (Å²) >= 11 is 0. The maximum absolute atomic E-state index is 9.29. The number of benzene rings is 1. The van der Waals surface area contributed by atoms with Crippen LogP contribution < -0.4 is 5.32 Å². The summed E-state index contributed by atoms with van der Waals surface area (Å²) < 4.78 is 0. The third-order valence-electron chi connectivity index (χ3n) is 2.15. The van der Waals surface area contributed by atoms with Gasteiger partial charge in [0.2, 0.25) is 0 Å². The maximum atomic E-state index is 9.29. The zero-order chi connectivity index (χ0) is 10.1. The monoisotopic (exact) mass is 184 g/mol. The first-order chi connectivity index (χ1) is 6.72. The van der Waals surface area contributed by atoms with Crippen molar-refractivity contribution in [1.82, 2.24) is 0 Å². The molecule has 14 heavy (non-hydrogen) atoms. The fourth-order valence-corrected chi connectivity index (χ4v) is 1.39. The van der Waals surface area contributed by atoms with Crippen molar-refractivity contribution in [2.45, 2.75) is 0 Å². The number of allylic oxidation sites excluding steroid dienone is 2. The zero-order valence-electron chi connectivity index (χ0n) is 7.41. The molecule has 0 saturated carbocycles. The second-order valence-electron chi connectivity index (χ2n) is 3.02. The summed E-state index contributed by atoms with van der Waals surface area (Å²) in [6.45, 7) is 3.81. The molecule has 3 nitrogen and oxygen atoms in total. The summed E-state index contributed by atoms with van der Waals surface area (Å²) in [4.78, 5) is 0. The number of nitrogens with zero attached hydrogens (tertiary/aromatic N) is 1. The molecule has 3 heteroatoms. The SMILES string of the molecule is C=C1C(C#N)=CNc2ccc(O)cc21. The second kappa shape index (κ2) is 2.93. The van der Waals surface area contributed by atoms with Crippen molar-refractivity contribution < 1.29 is 5.11 Å². The van der Waals surface area contributed by atoms with Gasteiger partial charge in [-0.25, -0.2) is 0 Å². The Balaban J connectivity index is 2.56. The molecule has 1 aromatic carbocycles. The molecule has 68 valence electrons. The Morgan fingerprint density at radius 1 is 1.43 bits per heavy atom. The lowest BCUT2D eigenvalue weighted by Gasteiger charge is -2.16. The Morgan fingerprint density at radius 2 is 2.21 bits per heavy atom. The molecular weight excluding hydrogens is 176 g/mol. The minimum atomic E-state index is 0.172.